The summed E-state index contributed by atoms with van der Waals surface area (Å²) >= 11 is 3.48. The number of nitrogens with zero attached hydrogens (tertiary/aromatic N) is 2. The minimum atomic E-state index is 0.0701. The van der Waals surface area contributed by atoms with Gasteiger partial charge in [-0.15, -0.1) is 0 Å². The van der Waals surface area contributed by atoms with Crippen molar-refractivity contribution in [2.24, 2.45) is 0 Å². The molecule has 0 atom stereocenters. The number of aromatic nitrogens is 1. The highest BCUT2D eigenvalue weighted by Crippen LogP contribution is 2.37. The maximum atomic E-state index is 12.8. The minimum Gasteiger partial charge on any atom is -0.385 e. The largest absolute Gasteiger partial charge is 0.385 e. The average molecular weight is 359 g/mol. The van der Waals surface area contributed by atoms with Gasteiger partial charge in [0.1, 0.15) is 5.69 Å². The Morgan fingerprint density at radius 1 is 1.33 bits per heavy atom. The van der Waals surface area contributed by atoms with Gasteiger partial charge in [0.2, 0.25) is 0 Å². The van der Waals surface area contributed by atoms with Gasteiger partial charge in [-0.25, -0.2) is 0 Å². The van der Waals surface area contributed by atoms with Crippen molar-refractivity contribution in [1.29, 1.82) is 0 Å². The normalized spacial score (nSPS) is 14.4. The number of rotatable bonds is 9. The van der Waals surface area contributed by atoms with E-state index >= 15 is 0 Å². The Morgan fingerprint density at radius 3 is 2.67 bits per heavy atom. The van der Waals surface area contributed by atoms with E-state index in [1.54, 1.807) is 14.2 Å². The summed E-state index contributed by atoms with van der Waals surface area (Å²) in [5.74, 6) is 0.0701. The molecule has 5 nitrogen and oxygen atoms in total. The first-order valence-electron chi connectivity index (χ1n) is 7.32. The highest BCUT2D eigenvalue weighted by Gasteiger charge is 2.29. The molecule has 1 fully saturated rings. The number of methoxy groups -OCH3 is 2. The SMILES string of the molecule is COCCCN(CCOC)C(=O)c1cc(Br)cn1C1CC1. The van der Waals surface area contributed by atoms with Crippen molar-refractivity contribution < 1.29 is 14.3 Å². The highest BCUT2D eigenvalue weighted by molar-refractivity contribution is 9.10. The maximum absolute atomic E-state index is 12.8. The van der Waals surface area contributed by atoms with Gasteiger partial charge < -0.3 is 18.9 Å². The first-order chi connectivity index (χ1) is 10.2. The number of hydrogen-bond donors (Lipinski definition) is 0. The fourth-order valence-electron chi connectivity index (χ4n) is 2.35. The van der Waals surface area contributed by atoms with Gasteiger partial charge in [0.15, 0.2) is 0 Å². The van der Waals surface area contributed by atoms with Crippen LogP contribution in [0.5, 0.6) is 0 Å². The highest BCUT2D eigenvalue weighted by atomic mass is 79.9. The molecule has 1 aliphatic rings. The van der Waals surface area contributed by atoms with Gasteiger partial charge in [0, 0.05) is 50.6 Å². The molecule has 21 heavy (non-hydrogen) atoms. The number of carbonyl (C=O) groups excluding carboxylic acids is 1. The van der Waals surface area contributed by atoms with Crippen molar-refractivity contribution >= 4 is 21.8 Å². The van der Waals surface area contributed by atoms with E-state index in [4.69, 9.17) is 9.47 Å². The van der Waals surface area contributed by atoms with Crippen molar-refractivity contribution in [3.63, 3.8) is 0 Å². The number of hydrogen-bond acceptors (Lipinski definition) is 3. The molecule has 1 aromatic heterocycles. The molecule has 1 aliphatic carbocycles. The van der Waals surface area contributed by atoms with E-state index < -0.39 is 0 Å². The smallest absolute Gasteiger partial charge is 0.270 e. The lowest BCUT2D eigenvalue weighted by atomic mass is 10.3. The molecule has 0 N–H and O–H groups in total. The molecule has 1 heterocycles. The van der Waals surface area contributed by atoms with Crippen LogP contribution in [0.25, 0.3) is 0 Å². The van der Waals surface area contributed by atoms with Crippen molar-refractivity contribution in [1.82, 2.24) is 9.47 Å². The van der Waals surface area contributed by atoms with E-state index in [9.17, 15) is 4.79 Å². The minimum absolute atomic E-state index is 0.0701. The number of ether oxygens (including phenoxy) is 2. The zero-order chi connectivity index (χ0) is 15.2. The molecule has 0 aromatic carbocycles. The molecule has 0 unspecified atom stereocenters. The predicted octanol–water partition coefficient (Wildman–Crippen LogP) is 2.71. The van der Waals surface area contributed by atoms with Gasteiger partial charge in [-0.2, -0.15) is 0 Å². The molecule has 118 valence electrons. The topological polar surface area (TPSA) is 43.7 Å². The quantitative estimate of drug-likeness (QED) is 0.637. The summed E-state index contributed by atoms with van der Waals surface area (Å²) in [7, 11) is 3.33. The van der Waals surface area contributed by atoms with Gasteiger partial charge in [-0.05, 0) is 41.3 Å². The van der Waals surface area contributed by atoms with Crippen LogP contribution in [0.15, 0.2) is 16.7 Å². The van der Waals surface area contributed by atoms with Crippen molar-refractivity contribution in [2.45, 2.75) is 25.3 Å². The van der Waals surface area contributed by atoms with Gasteiger partial charge in [-0.1, -0.05) is 0 Å². The zero-order valence-electron chi connectivity index (χ0n) is 12.7. The van der Waals surface area contributed by atoms with Gasteiger partial charge >= 0.3 is 0 Å². The third-order valence-electron chi connectivity index (χ3n) is 3.60. The van der Waals surface area contributed by atoms with E-state index in [1.165, 1.54) is 0 Å². The van der Waals surface area contributed by atoms with Gasteiger partial charge in [0.25, 0.3) is 5.91 Å². The molecule has 1 aromatic rings. The van der Waals surface area contributed by atoms with E-state index in [1.807, 2.05) is 17.2 Å². The second-order valence-electron chi connectivity index (χ2n) is 5.31. The Balaban J connectivity index is 2.08. The van der Waals surface area contributed by atoms with Crippen molar-refractivity contribution in [3.8, 4) is 0 Å². The van der Waals surface area contributed by atoms with Crippen LogP contribution in [-0.4, -0.2) is 55.9 Å². The predicted molar refractivity (Wildman–Crippen MR) is 84.7 cm³/mol. The van der Waals surface area contributed by atoms with Crippen molar-refractivity contribution in [3.05, 3.63) is 22.4 Å². The third-order valence-corrected chi connectivity index (χ3v) is 4.04. The Hall–Kier alpha value is -0.850. The summed E-state index contributed by atoms with van der Waals surface area (Å²) in [4.78, 5) is 14.6. The Morgan fingerprint density at radius 2 is 2.05 bits per heavy atom. The maximum Gasteiger partial charge on any atom is 0.270 e. The molecule has 0 radical (unpaired) electrons. The standard InChI is InChI=1S/C15H23BrN2O3/c1-20-8-3-6-17(7-9-21-2)15(19)14-10-12(16)11-18(14)13-4-5-13/h10-11,13H,3-9H2,1-2H3. The molecule has 0 saturated heterocycles. The summed E-state index contributed by atoms with van der Waals surface area (Å²) in [6.07, 6.45) is 5.15. The van der Waals surface area contributed by atoms with Crippen LogP contribution in [0.1, 0.15) is 35.8 Å². The molecule has 0 aliphatic heterocycles. The van der Waals surface area contributed by atoms with Gasteiger partial charge in [0.05, 0.1) is 6.61 Å². The second-order valence-corrected chi connectivity index (χ2v) is 6.23. The lowest BCUT2D eigenvalue weighted by molar-refractivity contribution is 0.0663. The van der Waals surface area contributed by atoms with E-state index in [2.05, 4.69) is 20.5 Å². The Labute approximate surface area is 134 Å². The van der Waals surface area contributed by atoms with Crippen molar-refractivity contribution in [2.75, 3.05) is 40.5 Å². The van der Waals surface area contributed by atoms with Crippen LogP contribution < -0.4 is 0 Å². The molecule has 1 amide bonds. The molecule has 0 spiro atoms. The summed E-state index contributed by atoms with van der Waals surface area (Å²) in [5, 5.41) is 0. The van der Waals surface area contributed by atoms with Crippen LogP contribution in [0.3, 0.4) is 0 Å². The van der Waals surface area contributed by atoms with Crippen LogP contribution in [0, 0.1) is 0 Å². The average Bonchev–Trinajstić information content (AvgIpc) is 3.24. The fraction of sp³-hybridized carbons (Fsp3) is 0.667. The monoisotopic (exact) mass is 358 g/mol. The summed E-state index contributed by atoms with van der Waals surface area (Å²) < 4.78 is 13.3. The Kier molecular flexibility index (Phi) is 6.26. The van der Waals surface area contributed by atoms with Gasteiger partial charge in [-0.3, -0.25) is 4.79 Å². The van der Waals surface area contributed by atoms with E-state index in [0.29, 0.717) is 32.3 Å². The van der Waals surface area contributed by atoms with Crippen LogP contribution >= 0.6 is 15.9 Å². The summed E-state index contributed by atoms with van der Waals surface area (Å²) in [6.45, 7) is 2.49. The van der Waals surface area contributed by atoms with Crippen LogP contribution in [0.2, 0.25) is 0 Å². The molecule has 0 bridgehead atoms. The lowest BCUT2D eigenvalue weighted by Crippen LogP contribution is -2.36. The fourth-order valence-corrected chi connectivity index (χ4v) is 2.79. The zero-order valence-corrected chi connectivity index (χ0v) is 14.3. The molecular weight excluding hydrogens is 336 g/mol. The molecule has 2 rings (SSSR count). The first-order valence-corrected chi connectivity index (χ1v) is 8.11. The number of amides is 1. The van der Waals surface area contributed by atoms with Crippen LogP contribution in [0.4, 0.5) is 0 Å². The lowest BCUT2D eigenvalue weighted by Gasteiger charge is -2.23. The molecule has 6 heteroatoms. The molecule has 1 saturated carbocycles. The van der Waals surface area contributed by atoms with E-state index in [-0.39, 0.29) is 5.91 Å². The van der Waals surface area contributed by atoms with E-state index in [0.717, 1.165) is 29.4 Å². The van der Waals surface area contributed by atoms with Crippen LogP contribution in [-0.2, 0) is 9.47 Å². The Bertz CT molecular complexity index is 471. The summed E-state index contributed by atoms with van der Waals surface area (Å²) in [6, 6.07) is 2.40. The second kappa shape index (κ2) is 7.96. The third kappa shape index (κ3) is 4.56. The first kappa shape index (κ1) is 16.5. The number of halogens is 1. The molecular formula is C15H23BrN2O3. The summed E-state index contributed by atoms with van der Waals surface area (Å²) in [5.41, 5.74) is 0.762. The number of carbonyl (C=O) groups is 1.